The molecule has 0 amide bonds. The Labute approximate surface area is 125 Å². The van der Waals surface area contributed by atoms with Crippen molar-refractivity contribution in [2.75, 3.05) is 0 Å². The predicted octanol–water partition coefficient (Wildman–Crippen LogP) is 5.02. The molecule has 0 aliphatic carbocycles. The number of hydrogen-bond donors (Lipinski definition) is 1. The van der Waals surface area contributed by atoms with Crippen molar-refractivity contribution in [3.63, 3.8) is 0 Å². The quantitative estimate of drug-likeness (QED) is 0.673. The Bertz CT molecular complexity index is 782. The van der Waals surface area contributed by atoms with E-state index in [0.717, 1.165) is 33.8 Å². The highest BCUT2D eigenvalue weighted by Crippen LogP contribution is 2.23. The number of nitrogens with zero attached hydrogens (tertiary/aromatic N) is 1. The third-order valence-electron chi connectivity index (χ3n) is 3.26. The fourth-order valence-corrected chi connectivity index (χ4v) is 3.67. The maximum absolute atomic E-state index is 6.01. The molecule has 0 saturated carbocycles. The van der Waals surface area contributed by atoms with Crippen LogP contribution in [0.2, 0.25) is 5.02 Å². The molecule has 0 atom stereocenters. The number of imidazole rings is 1. The van der Waals surface area contributed by atoms with Crippen molar-refractivity contribution in [1.82, 2.24) is 9.55 Å². The minimum absolute atomic E-state index is 0.723. The van der Waals surface area contributed by atoms with Gasteiger partial charge in [0.15, 0.2) is 4.77 Å². The van der Waals surface area contributed by atoms with Crippen LogP contribution in [-0.2, 0) is 13.0 Å². The number of aryl methyl sites for hydroxylation is 1. The lowest BCUT2D eigenvalue weighted by atomic mass is 10.2. The number of rotatable bonds is 3. The molecule has 0 aliphatic heterocycles. The zero-order chi connectivity index (χ0) is 13.4. The van der Waals surface area contributed by atoms with E-state index in [-0.39, 0.29) is 0 Å². The Balaban J connectivity index is 2.10. The van der Waals surface area contributed by atoms with Gasteiger partial charge < -0.3 is 9.55 Å². The number of H-pyrrole nitrogens is 1. The van der Waals surface area contributed by atoms with Gasteiger partial charge in [-0.15, -0.1) is 11.3 Å². The summed E-state index contributed by atoms with van der Waals surface area (Å²) in [7, 11) is 0. The predicted molar refractivity (Wildman–Crippen MR) is 84.9 cm³/mol. The highest BCUT2D eigenvalue weighted by molar-refractivity contribution is 7.71. The summed E-state index contributed by atoms with van der Waals surface area (Å²) in [6.07, 6.45) is 1.06. The fourth-order valence-electron chi connectivity index (χ4n) is 2.26. The molecular formula is C14H13ClN2S2. The van der Waals surface area contributed by atoms with E-state index in [1.807, 2.05) is 18.2 Å². The number of aromatic nitrogens is 2. The molecule has 19 heavy (non-hydrogen) atoms. The lowest BCUT2D eigenvalue weighted by Crippen LogP contribution is -1.99. The molecule has 0 radical (unpaired) electrons. The molecule has 0 fully saturated rings. The van der Waals surface area contributed by atoms with E-state index in [2.05, 4.69) is 27.9 Å². The van der Waals surface area contributed by atoms with Crippen molar-refractivity contribution in [3.05, 3.63) is 49.9 Å². The third-order valence-corrected chi connectivity index (χ3v) is 4.76. The first-order valence-corrected chi connectivity index (χ1v) is 7.79. The summed E-state index contributed by atoms with van der Waals surface area (Å²) < 4.78 is 2.87. The average Bonchev–Trinajstić information content (AvgIpc) is 2.95. The van der Waals surface area contributed by atoms with Crippen LogP contribution in [0.5, 0.6) is 0 Å². The minimum atomic E-state index is 0.723. The van der Waals surface area contributed by atoms with Gasteiger partial charge in [0.2, 0.25) is 0 Å². The molecular weight excluding hydrogens is 296 g/mol. The number of thiophene rings is 1. The van der Waals surface area contributed by atoms with Crippen molar-refractivity contribution < 1.29 is 0 Å². The molecule has 98 valence electrons. The van der Waals surface area contributed by atoms with E-state index in [1.54, 1.807) is 11.3 Å². The van der Waals surface area contributed by atoms with Crippen LogP contribution in [0.1, 0.15) is 17.4 Å². The maximum atomic E-state index is 6.01. The maximum Gasteiger partial charge on any atom is 0.178 e. The molecule has 1 aromatic carbocycles. The van der Waals surface area contributed by atoms with Crippen LogP contribution in [-0.4, -0.2) is 9.55 Å². The summed E-state index contributed by atoms with van der Waals surface area (Å²) >= 11 is 13.2. The summed E-state index contributed by atoms with van der Waals surface area (Å²) in [6, 6.07) is 8.02. The van der Waals surface area contributed by atoms with Crippen LogP contribution in [0.15, 0.2) is 29.6 Å². The number of fused-ring (bicyclic) bond motifs is 1. The highest BCUT2D eigenvalue weighted by atomic mass is 35.5. The Kier molecular flexibility index (Phi) is 3.48. The van der Waals surface area contributed by atoms with Crippen molar-refractivity contribution in [2.45, 2.75) is 19.9 Å². The van der Waals surface area contributed by atoms with E-state index in [4.69, 9.17) is 23.8 Å². The first-order chi connectivity index (χ1) is 9.19. The van der Waals surface area contributed by atoms with Gasteiger partial charge in [0, 0.05) is 9.90 Å². The minimum Gasteiger partial charge on any atom is -0.331 e. The van der Waals surface area contributed by atoms with Crippen LogP contribution < -0.4 is 0 Å². The van der Waals surface area contributed by atoms with Gasteiger partial charge in [0.25, 0.3) is 0 Å². The smallest absolute Gasteiger partial charge is 0.178 e. The number of benzene rings is 1. The topological polar surface area (TPSA) is 20.7 Å². The van der Waals surface area contributed by atoms with Crippen molar-refractivity contribution >= 4 is 46.2 Å². The molecule has 5 heteroatoms. The standard InChI is InChI=1S/C14H13ClN2S2/c1-2-9-5-6-19-13(9)8-17-12-4-3-10(15)7-11(12)16-14(17)18/h3-7H,2,8H2,1H3,(H,16,18). The molecule has 3 rings (SSSR count). The number of hydrogen-bond acceptors (Lipinski definition) is 2. The molecule has 0 spiro atoms. The summed E-state index contributed by atoms with van der Waals surface area (Å²) in [5.74, 6) is 0. The van der Waals surface area contributed by atoms with E-state index < -0.39 is 0 Å². The van der Waals surface area contributed by atoms with Gasteiger partial charge in [-0.2, -0.15) is 0 Å². The van der Waals surface area contributed by atoms with E-state index in [1.165, 1.54) is 10.4 Å². The first kappa shape index (κ1) is 12.9. The fraction of sp³-hybridized carbons (Fsp3) is 0.214. The van der Waals surface area contributed by atoms with E-state index in [9.17, 15) is 0 Å². The highest BCUT2D eigenvalue weighted by Gasteiger charge is 2.08. The second kappa shape index (κ2) is 5.12. The van der Waals surface area contributed by atoms with Crippen LogP contribution in [0.4, 0.5) is 0 Å². The molecule has 0 bridgehead atoms. The molecule has 2 aromatic heterocycles. The van der Waals surface area contributed by atoms with Gasteiger partial charge in [-0.1, -0.05) is 18.5 Å². The summed E-state index contributed by atoms with van der Waals surface area (Å²) in [5, 5.41) is 2.87. The largest absolute Gasteiger partial charge is 0.331 e. The number of nitrogens with one attached hydrogen (secondary N) is 1. The second-order valence-corrected chi connectivity index (χ2v) is 6.22. The number of aromatic amines is 1. The van der Waals surface area contributed by atoms with Crippen molar-refractivity contribution in [2.24, 2.45) is 0 Å². The molecule has 3 aromatic rings. The van der Waals surface area contributed by atoms with Crippen molar-refractivity contribution in [3.8, 4) is 0 Å². The zero-order valence-corrected chi connectivity index (χ0v) is 12.8. The van der Waals surface area contributed by atoms with E-state index in [0.29, 0.717) is 0 Å². The van der Waals surface area contributed by atoms with Crippen LogP contribution in [0, 0.1) is 4.77 Å². The van der Waals surface area contributed by atoms with Crippen molar-refractivity contribution in [1.29, 1.82) is 0 Å². The van der Waals surface area contributed by atoms with Crippen LogP contribution in [0.25, 0.3) is 11.0 Å². The zero-order valence-electron chi connectivity index (χ0n) is 10.4. The molecule has 2 nitrogen and oxygen atoms in total. The first-order valence-electron chi connectivity index (χ1n) is 6.12. The monoisotopic (exact) mass is 308 g/mol. The summed E-state index contributed by atoms with van der Waals surface area (Å²) in [6.45, 7) is 3.00. The van der Waals surface area contributed by atoms with Gasteiger partial charge in [-0.05, 0) is 53.8 Å². The number of halogens is 1. The molecule has 1 N–H and O–H groups in total. The lowest BCUT2D eigenvalue weighted by Gasteiger charge is -2.05. The third kappa shape index (κ3) is 2.36. The van der Waals surface area contributed by atoms with Gasteiger partial charge >= 0.3 is 0 Å². The normalized spacial score (nSPS) is 11.3. The van der Waals surface area contributed by atoms with Gasteiger partial charge in [-0.25, -0.2) is 0 Å². The lowest BCUT2D eigenvalue weighted by molar-refractivity contribution is 0.814. The van der Waals surface area contributed by atoms with E-state index >= 15 is 0 Å². The second-order valence-electron chi connectivity index (χ2n) is 4.40. The van der Waals surface area contributed by atoms with Crippen LogP contribution >= 0.6 is 35.2 Å². The Hall–Kier alpha value is -1.10. The van der Waals surface area contributed by atoms with Gasteiger partial charge in [0.1, 0.15) is 0 Å². The SMILES string of the molecule is CCc1ccsc1Cn1c(=S)[nH]c2cc(Cl)ccc21. The molecule has 0 unspecified atom stereocenters. The Morgan fingerprint density at radius 2 is 2.21 bits per heavy atom. The molecule has 2 heterocycles. The molecule has 0 aliphatic rings. The summed E-state index contributed by atoms with van der Waals surface area (Å²) in [4.78, 5) is 4.59. The van der Waals surface area contributed by atoms with Crippen LogP contribution in [0.3, 0.4) is 0 Å². The summed E-state index contributed by atoms with van der Waals surface area (Å²) in [5.41, 5.74) is 3.49. The Morgan fingerprint density at radius 3 is 3.00 bits per heavy atom. The van der Waals surface area contributed by atoms with Gasteiger partial charge in [-0.3, -0.25) is 0 Å². The molecule has 0 saturated heterocycles. The average molecular weight is 309 g/mol. The Morgan fingerprint density at radius 1 is 1.37 bits per heavy atom. The van der Waals surface area contributed by atoms with Gasteiger partial charge in [0.05, 0.1) is 17.6 Å².